The van der Waals surface area contributed by atoms with E-state index in [4.69, 9.17) is 33.9 Å². The van der Waals surface area contributed by atoms with Crippen LogP contribution >= 0.6 is 23.2 Å². The first-order valence-corrected chi connectivity index (χ1v) is 9.23. The molecule has 3 aromatic heterocycles. The van der Waals surface area contributed by atoms with Gasteiger partial charge in [0.15, 0.2) is 0 Å². The van der Waals surface area contributed by atoms with Crippen molar-refractivity contribution in [3.63, 3.8) is 0 Å². The summed E-state index contributed by atoms with van der Waals surface area (Å²) < 4.78 is 0. The maximum atomic E-state index is 6.35. The molecule has 0 aliphatic carbocycles. The lowest BCUT2D eigenvalue weighted by Gasteiger charge is -2.17. The van der Waals surface area contributed by atoms with Gasteiger partial charge in [-0.05, 0) is 25.1 Å². The van der Waals surface area contributed by atoms with E-state index >= 15 is 0 Å². The molecule has 0 radical (unpaired) electrons. The van der Waals surface area contributed by atoms with E-state index in [2.05, 4.69) is 19.9 Å². The Hall–Kier alpha value is -2.90. The van der Waals surface area contributed by atoms with Gasteiger partial charge in [-0.1, -0.05) is 29.3 Å². The van der Waals surface area contributed by atoms with Crippen molar-refractivity contribution < 1.29 is 0 Å². The third-order valence-corrected chi connectivity index (χ3v) is 4.92. The van der Waals surface area contributed by atoms with Crippen LogP contribution in [0.5, 0.6) is 0 Å². The Morgan fingerprint density at radius 1 is 1.00 bits per heavy atom. The Labute approximate surface area is 171 Å². The van der Waals surface area contributed by atoms with Gasteiger partial charge in [-0.15, -0.1) is 0 Å². The number of nitrogens with one attached hydrogen (secondary N) is 1. The Balaban J connectivity index is 2.00. The number of pyridine rings is 1. The van der Waals surface area contributed by atoms with Crippen LogP contribution < -0.4 is 10.6 Å². The van der Waals surface area contributed by atoms with Gasteiger partial charge in [0.05, 0.1) is 26.7 Å². The van der Waals surface area contributed by atoms with Crippen LogP contribution in [-0.4, -0.2) is 39.0 Å². The topological polar surface area (TPSA) is 96.6 Å². The molecule has 28 heavy (non-hydrogen) atoms. The Bertz CT molecular complexity index is 1180. The highest BCUT2D eigenvalue weighted by molar-refractivity contribution is 6.39. The molecule has 0 atom stereocenters. The number of H-pyrrole nitrogens is 1. The predicted molar refractivity (Wildman–Crippen MR) is 114 cm³/mol. The summed E-state index contributed by atoms with van der Waals surface area (Å²) in [7, 11) is 3.79. The van der Waals surface area contributed by atoms with Gasteiger partial charge in [-0.3, -0.25) is 4.98 Å². The Kier molecular flexibility index (Phi) is 4.56. The minimum Gasteiger partial charge on any atom is -0.383 e. The van der Waals surface area contributed by atoms with Crippen molar-refractivity contribution in [2.75, 3.05) is 24.7 Å². The van der Waals surface area contributed by atoms with Crippen LogP contribution in [0.3, 0.4) is 0 Å². The van der Waals surface area contributed by atoms with E-state index in [0.29, 0.717) is 55.7 Å². The second-order valence-electron chi connectivity index (χ2n) is 6.49. The molecule has 0 aliphatic heterocycles. The highest BCUT2D eigenvalue weighted by Gasteiger charge is 2.21. The van der Waals surface area contributed by atoms with Crippen molar-refractivity contribution in [1.29, 1.82) is 0 Å². The number of aromatic amines is 1. The zero-order valence-electron chi connectivity index (χ0n) is 15.5. The SMILES string of the molecule is Cc1nc(N)c(-c2nccc3[nH]c(-c4c(Cl)cccc4Cl)nc23)c(N(C)C)n1. The number of nitrogens with zero attached hydrogens (tertiary/aromatic N) is 5. The lowest BCUT2D eigenvalue weighted by Crippen LogP contribution is -2.15. The third-order valence-electron chi connectivity index (χ3n) is 4.29. The summed E-state index contributed by atoms with van der Waals surface area (Å²) >= 11 is 12.7. The largest absolute Gasteiger partial charge is 0.383 e. The molecular formula is C19H17Cl2N7. The minimum atomic E-state index is 0.344. The Morgan fingerprint density at radius 3 is 2.39 bits per heavy atom. The molecule has 1 aromatic carbocycles. The van der Waals surface area contributed by atoms with Crippen LogP contribution in [-0.2, 0) is 0 Å². The van der Waals surface area contributed by atoms with E-state index in [9.17, 15) is 0 Å². The number of hydrogen-bond acceptors (Lipinski definition) is 6. The van der Waals surface area contributed by atoms with Gasteiger partial charge in [0.2, 0.25) is 0 Å². The molecule has 3 heterocycles. The molecule has 9 heteroatoms. The average molecular weight is 414 g/mol. The molecule has 0 unspecified atom stereocenters. The molecule has 0 amide bonds. The average Bonchev–Trinajstić information content (AvgIpc) is 3.05. The number of aromatic nitrogens is 5. The number of nitrogens with two attached hydrogens (primary N) is 1. The van der Waals surface area contributed by atoms with Crippen LogP contribution in [0.15, 0.2) is 30.5 Å². The van der Waals surface area contributed by atoms with E-state index in [1.165, 1.54) is 0 Å². The fourth-order valence-corrected chi connectivity index (χ4v) is 3.67. The number of aryl methyl sites for hydroxylation is 1. The number of hydrogen-bond donors (Lipinski definition) is 2. The molecule has 142 valence electrons. The van der Waals surface area contributed by atoms with Gasteiger partial charge < -0.3 is 15.6 Å². The monoisotopic (exact) mass is 413 g/mol. The van der Waals surface area contributed by atoms with Gasteiger partial charge in [0.1, 0.15) is 34.5 Å². The lowest BCUT2D eigenvalue weighted by molar-refractivity contribution is 0.994. The third kappa shape index (κ3) is 3.02. The fraction of sp³-hybridized carbons (Fsp3) is 0.158. The maximum absolute atomic E-state index is 6.35. The molecule has 0 fully saturated rings. The second kappa shape index (κ2) is 6.92. The van der Waals surface area contributed by atoms with Crippen molar-refractivity contribution >= 4 is 45.9 Å². The first-order valence-electron chi connectivity index (χ1n) is 8.47. The molecule has 0 bridgehead atoms. The standard InChI is InChI=1S/C19H17Cl2N7/c1-9-24-17(22)14(19(25-9)28(2)3)16-15-12(7-8-23-16)26-18(27-15)13-10(20)5-4-6-11(13)21/h4-8H,1-3H3,(H,26,27)(H2,22,24,25). The van der Waals surface area contributed by atoms with Crippen LogP contribution in [0, 0.1) is 6.92 Å². The zero-order valence-corrected chi connectivity index (χ0v) is 17.0. The van der Waals surface area contributed by atoms with Crippen molar-refractivity contribution in [2.24, 2.45) is 0 Å². The summed E-state index contributed by atoms with van der Waals surface area (Å²) in [5, 5.41) is 1.02. The van der Waals surface area contributed by atoms with Gasteiger partial charge in [-0.2, -0.15) is 0 Å². The van der Waals surface area contributed by atoms with Crippen molar-refractivity contribution in [3.8, 4) is 22.6 Å². The van der Waals surface area contributed by atoms with E-state index < -0.39 is 0 Å². The molecule has 7 nitrogen and oxygen atoms in total. The predicted octanol–water partition coefficient (Wildman–Crippen LogP) is 4.35. The number of rotatable bonds is 3. The lowest BCUT2D eigenvalue weighted by atomic mass is 10.1. The number of nitrogen functional groups attached to an aromatic ring is 1. The molecular weight excluding hydrogens is 397 g/mol. The summed E-state index contributed by atoms with van der Waals surface area (Å²) in [4.78, 5) is 23.2. The molecule has 0 saturated heterocycles. The van der Waals surface area contributed by atoms with Crippen molar-refractivity contribution in [2.45, 2.75) is 6.92 Å². The van der Waals surface area contributed by atoms with Crippen LogP contribution in [0.2, 0.25) is 10.0 Å². The Morgan fingerprint density at radius 2 is 1.71 bits per heavy atom. The number of fused-ring (bicyclic) bond motifs is 1. The van der Waals surface area contributed by atoms with Gasteiger partial charge in [0, 0.05) is 20.3 Å². The number of anilines is 2. The highest BCUT2D eigenvalue weighted by Crippen LogP contribution is 2.38. The number of benzene rings is 1. The quantitative estimate of drug-likeness (QED) is 0.518. The van der Waals surface area contributed by atoms with Crippen LogP contribution in [0.4, 0.5) is 11.6 Å². The molecule has 4 rings (SSSR count). The van der Waals surface area contributed by atoms with Crippen molar-refractivity contribution in [3.05, 3.63) is 46.3 Å². The molecule has 0 spiro atoms. The number of imidazole rings is 1. The summed E-state index contributed by atoms with van der Waals surface area (Å²) in [6.07, 6.45) is 1.69. The molecule has 0 aliphatic rings. The summed E-state index contributed by atoms with van der Waals surface area (Å²) in [5.41, 5.74) is 9.51. The first-order chi connectivity index (χ1) is 13.4. The van der Waals surface area contributed by atoms with Gasteiger partial charge >= 0.3 is 0 Å². The summed E-state index contributed by atoms with van der Waals surface area (Å²) in [6, 6.07) is 7.16. The van der Waals surface area contributed by atoms with Crippen molar-refractivity contribution in [1.82, 2.24) is 24.9 Å². The molecule has 4 aromatic rings. The van der Waals surface area contributed by atoms with E-state index in [1.807, 2.05) is 25.1 Å². The first kappa shape index (κ1) is 18.5. The van der Waals surface area contributed by atoms with E-state index in [1.54, 1.807) is 31.3 Å². The highest BCUT2D eigenvalue weighted by atomic mass is 35.5. The molecule has 0 saturated carbocycles. The van der Waals surface area contributed by atoms with Crippen LogP contribution in [0.1, 0.15) is 5.82 Å². The summed E-state index contributed by atoms with van der Waals surface area (Å²) in [5.74, 6) is 2.15. The normalized spacial score (nSPS) is 11.2. The van der Waals surface area contributed by atoms with Gasteiger partial charge in [0.25, 0.3) is 0 Å². The minimum absolute atomic E-state index is 0.344. The van der Waals surface area contributed by atoms with Crippen LogP contribution in [0.25, 0.3) is 33.7 Å². The molecule has 3 N–H and O–H groups in total. The fourth-order valence-electron chi connectivity index (χ4n) is 3.09. The zero-order chi connectivity index (χ0) is 20.0. The van der Waals surface area contributed by atoms with E-state index in [-0.39, 0.29) is 0 Å². The maximum Gasteiger partial charge on any atom is 0.143 e. The van der Waals surface area contributed by atoms with E-state index in [0.717, 1.165) is 5.52 Å². The smallest absolute Gasteiger partial charge is 0.143 e. The number of halogens is 2. The summed E-state index contributed by atoms with van der Waals surface area (Å²) in [6.45, 7) is 1.80. The van der Waals surface area contributed by atoms with Gasteiger partial charge in [-0.25, -0.2) is 15.0 Å². The second-order valence-corrected chi connectivity index (χ2v) is 7.30.